The first-order chi connectivity index (χ1) is 6.21. The van der Waals surface area contributed by atoms with Gasteiger partial charge in [-0.05, 0) is 0 Å². The molecule has 1 saturated heterocycles. The fourth-order valence-electron chi connectivity index (χ4n) is 3.10. The zero-order valence-corrected chi connectivity index (χ0v) is 14.9. The second-order valence-corrected chi connectivity index (χ2v) is 31.1. The Morgan fingerprint density at radius 2 is 1.36 bits per heavy atom. The average Bonchev–Trinajstić information content (AvgIpc) is 2.02. The van der Waals surface area contributed by atoms with Crippen LogP contribution in [0, 0.1) is 0 Å². The van der Waals surface area contributed by atoms with Crippen LogP contribution in [0.5, 0.6) is 0 Å². The average molecular weight is 320 g/mol. The van der Waals surface area contributed by atoms with Crippen LogP contribution in [0.4, 0.5) is 0 Å². The van der Waals surface area contributed by atoms with Gasteiger partial charge in [0.05, 0.1) is 0 Å². The molecule has 1 nitrogen and oxygen atoms in total. The molecule has 0 aromatic heterocycles. The number of hydrogen-bond donors (Lipinski definition) is 0. The maximum atomic E-state index is 6.36. The van der Waals surface area contributed by atoms with E-state index in [4.69, 9.17) is 4.74 Å². The number of ether oxygens (including phenoxy) is 1. The topological polar surface area (TPSA) is 9.23 Å². The van der Waals surface area contributed by atoms with Gasteiger partial charge in [-0.25, -0.2) is 0 Å². The molecule has 84 valence electrons. The zero-order valence-electron chi connectivity index (χ0n) is 10.7. The second-order valence-electron chi connectivity index (χ2n) is 6.63. The Morgan fingerprint density at radius 1 is 0.857 bits per heavy atom. The van der Waals surface area contributed by atoms with Gasteiger partial charge in [-0.1, -0.05) is 0 Å². The second kappa shape index (κ2) is 4.13. The first-order valence-electron chi connectivity index (χ1n) is 5.85. The Morgan fingerprint density at radius 3 is 1.57 bits per heavy atom. The first kappa shape index (κ1) is 13.1. The summed E-state index contributed by atoms with van der Waals surface area (Å²) in [6.07, 6.45) is 4.07. The summed E-state index contributed by atoms with van der Waals surface area (Å²) in [5.74, 6) is 15.3. The van der Waals surface area contributed by atoms with Crippen molar-refractivity contribution < 1.29 is 4.74 Å². The molecule has 0 amide bonds. The summed E-state index contributed by atoms with van der Waals surface area (Å²) < 4.78 is 6.79. The molecule has 0 spiro atoms. The third-order valence-electron chi connectivity index (χ3n) is 3.69. The van der Waals surface area contributed by atoms with Gasteiger partial charge in [0.1, 0.15) is 0 Å². The third kappa shape index (κ3) is 2.24. The summed E-state index contributed by atoms with van der Waals surface area (Å²) in [5.41, 5.74) is 0. The van der Waals surface area contributed by atoms with Crippen LogP contribution >= 0.6 is 0 Å². The summed E-state index contributed by atoms with van der Waals surface area (Å²) in [4.78, 5) is 0. The molecular formula is C11H26Ge2O. The van der Waals surface area contributed by atoms with Crippen LogP contribution in [-0.2, 0) is 4.74 Å². The van der Waals surface area contributed by atoms with Crippen LogP contribution < -0.4 is 0 Å². The normalized spacial score (nSPS) is 23.6. The van der Waals surface area contributed by atoms with Crippen LogP contribution in [0.25, 0.3) is 0 Å². The fraction of sp³-hybridized carbons (Fsp3) is 1.00. The van der Waals surface area contributed by atoms with Gasteiger partial charge in [0.25, 0.3) is 0 Å². The fourth-order valence-corrected chi connectivity index (χ4v) is 38.5. The molecule has 0 atom stereocenters. The van der Waals surface area contributed by atoms with Gasteiger partial charge in [-0.15, -0.1) is 0 Å². The maximum absolute atomic E-state index is 6.36. The summed E-state index contributed by atoms with van der Waals surface area (Å²) in [5, 5.41) is 0. The summed E-state index contributed by atoms with van der Waals surface area (Å²) in [7, 11) is 0. The molecule has 0 bridgehead atoms. The van der Waals surface area contributed by atoms with Crippen molar-refractivity contribution in [3.05, 3.63) is 0 Å². The van der Waals surface area contributed by atoms with Crippen LogP contribution in [0.1, 0.15) is 19.3 Å². The summed E-state index contributed by atoms with van der Waals surface area (Å²) in [6.45, 7) is 1.03. The van der Waals surface area contributed by atoms with Gasteiger partial charge in [-0.3, -0.25) is 0 Å². The van der Waals surface area contributed by atoms with Crippen molar-refractivity contribution in [2.24, 2.45) is 0 Å². The Balaban J connectivity index is 3.01. The van der Waals surface area contributed by atoms with E-state index in [1.165, 1.54) is 19.3 Å². The van der Waals surface area contributed by atoms with E-state index in [2.05, 4.69) is 34.5 Å². The summed E-state index contributed by atoms with van der Waals surface area (Å²) in [6, 6.07) is 0. The zero-order chi connectivity index (χ0) is 11.0. The number of hydrogen-bond acceptors (Lipinski definition) is 1. The van der Waals surface area contributed by atoms with Gasteiger partial charge >= 0.3 is 94.9 Å². The van der Waals surface area contributed by atoms with Gasteiger partial charge < -0.3 is 0 Å². The molecule has 0 aromatic rings. The molecule has 1 aliphatic heterocycles. The van der Waals surface area contributed by atoms with E-state index in [0.717, 1.165) is 6.61 Å². The van der Waals surface area contributed by atoms with E-state index < -0.39 is 26.5 Å². The van der Waals surface area contributed by atoms with Gasteiger partial charge in [-0.2, -0.15) is 0 Å². The molecule has 0 saturated carbocycles. The van der Waals surface area contributed by atoms with E-state index in [1.54, 1.807) is 0 Å². The van der Waals surface area contributed by atoms with Crippen LogP contribution in [0.15, 0.2) is 0 Å². The predicted octanol–water partition coefficient (Wildman–Crippen LogP) is 3.68. The van der Waals surface area contributed by atoms with E-state index in [1.807, 2.05) is 0 Å². The van der Waals surface area contributed by atoms with Crippen molar-refractivity contribution in [1.82, 2.24) is 0 Å². The molecule has 1 heterocycles. The monoisotopic (exact) mass is 322 g/mol. The molecule has 1 fully saturated rings. The quantitative estimate of drug-likeness (QED) is 0.706. The molecule has 14 heavy (non-hydrogen) atoms. The molecule has 0 radical (unpaired) electrons. The van der Waals surface area contributed by atoms with Gasteiger partial charge in [0, 0.05) is 0 Å². The Kier molecular flexibility index (Phi) is 3.87. The predicted molar refractivity (Wildman–Crippen MR) is 69.2 cm³/mol. The van der Waals surface area contributed by atoms with Gasteiger partial charge in [0.2, 0.25) is 0 Å². The third-order valence-corrected chi connectivity index (χ3v) is 31.9. The molecule has 3 heteroatoms. The van der Waals surface area contributed by atoms with Crippen LogP contribution in [-0.4, -0.2) is 36.4 Å². The van der Waals surface area contributed by atoms with Crippen molar-refractivity contribution in [2.75, 3.05) is 6.61 Å². The Labute approximate surface area is 94.7 Å². The van der Waals surface area contributed by atoms with E-state index in [0.29, 0.717) is 3.27 Å². The minimum atomic E-state index is -1.70. The van der Waals surface area contributed by atoms with Crippen molar-refractivity contribution in [3.8, 4) is 0 Å². The van der Waals surface area contributed by atoms with Crippen molar-refractivity contribution >= 4 is 26.5 Å². The van der Waals surface area contributed by atoms with Gasteiger partial charge in [0.15, 0.2) is 0 Å². The molecule has 1 aliphatic rings. The molecular weight excluding hydrogens is 293 g/mol. The first-order valence-corrected chi connectivity index (χ1v) is 20.5. The molecule has 0 N–H and O–H groups in total. The van der Waals surface area contributed by atoms with Crippen molar-refractivity contribution in [1.29, 1.82) is 0 Å². The molecule has 1 rings (SSSR count). The van der Waals surface area contributed by atoms with Crippen LogP contribution in [0.3, 0.4) is 0 Å². The Bertz CT molecular complexity index is 178. The summed E-state index contributed by atoms with van der Waals surface area (Å²) >= 11 is -3.41. The van der Waals surface area contributed by atoms with E-state index >= 15 is 0 Å². The van der Waals surface area contributed by atoms with E-state index in [-0.39, 0.29) is 0 Å². The minimum absolute atomic E-state index is 0.429. The number of rotatable bonds is 2. The Hall–Kier alpha value is 1.05. The molecule has 0 aliphatic carbocycles. The molecule has 0 unspecified atom stereocenters. The van der Waals surface area contributed by atoms with Crippen molar-refractivity contribution in [2.45, 2.75) is 57.1 Å². The van der Waals surface area contributed by atoms with Crippen molar-refractivity contribution in [3.63, 3.8) is 0 Å². The van der Waals surface area contributed by atoms with E-state index in [9.17, 15) is 0 Å². The standard InChI is InChI=1S/C11H26Ge2O/c1-12(2,3)11(13(4,5)6)9-7-8-10-14-11/h7-10H2,1-6H3. The SMILES string of the molecule is [CH3][Ge]([CH3])([CH3])[C]1([Ge]([CH3])([CH3])[CH3])CCCCO1. The molecule has 0 aromatic carbocycles. The van der Waals surface area contributed by atoms with Crippen LogP contribution in [0.2, 0.25) is 34.5 Å².